The average molecular weight is 707 g/mol. The summed E-state index contributed by atoms with van der Waals surface area (Å²) in [7, 11) is 1.46. The lowest BCUT2D eigenvalue weighted by Gasteiger charge is -2.39. The molecule has 10 nitrogen and oxygen atoms in total. The SMILES string of the molecule is C#Cc1c(F)ccc2cc(O)cc(-c3nc(OC)c4c(N5CC6CCC(C5)[NH+]6CCCC#N)nc(OCC5(CN6CC7CC7C6)CC5)nc4c3F)c12. The van der Waals surface area contributed by atoms with Crippen LogP contribution in [-0.4, -0.2) is 90.0 Å². The fraction of sp³-hybridized carbons (Fsp3) is 0.500. The summed E-state index contributed by atoms with van der Waals surface area (Å²) < 4.78 is 44.6. The first kappa shape index (κ1) is 33.1. The zero-order valence-electron chi connectivity index (χ0n) is 29.3. The summed E-state index contributed by atoms with van der Waals surface area (Å²) in [6, 6.07) is 8.55. The lowest BCUT2D eigenvalue weighted by molar-refractivity contribution is -0.936. The van der Waals surface area contributed by atoms with Crippen molar-refractivity contribution >= 4 is 27.5 Å². The molecule has 5 fully saturated rings. The third-order valence-electron chi connectivity index (χ3n) is 12.3. The highest BCUT2D eigenvalue weighted by Crippen LogP contribution is 2.51. The van der Waals surface area contributed by atoms with Gasteiger partial charge < -0.3 is 29.3 Å². The molecule has 3 aliphatic heterocycles. The quantitative estimate of drug-likeness (QED) is 0.173. The number of terminal acetylenes is 1. The molecule has 4 atom stereocenters. The van der Waals surface area contributed by atoms with E-state index in [0.717, 1.165) is 70.1 Å². The first-order valence-electron chi connectivity index (χ1n) is 18.5. The van der Waals surface area contributed by atoms with Crippen LogP contribution in [0.5, 0.6) is 17.6 Å². The zero-order valence-corrected chi connectivity index (χ0v) is 29.3. The molecular formula is C40H42F2N7O3+. The summed E-state index contributed by atoms with van der Waals surface area (Å²) in [4.78, 5) is 20.6. The highest BCUT2D eigenvalue weighted by atomic mass is 19.1. The van der Waals surface area contributed by atoms with Crippen molar-refractivity contribution in [2.75, 3.05) is 57.9 Å². The number of nitriles is 1. The van der Waals surface area contributed by atoms with Crippen molar-refractivity contribution in [2.45, 2.75) is 57.0 Å². The van der Waals surface area contributed by atoms with E-state index in [2.05, 4.69) is 26.8 Å². The van der Waals surface area contributed by atoms with Crippen LogP contribution in [0.1, 0.15) is 50.5 Å². The Morgan fingerprint density at radius 3 is 2.52 bits per heavy atom. The van der Waals surface area contributed by atoms with Crippen LogP contribution in [0.15, 0.2) is 24.3 Å². The van der Waals surface area contributed by atoms with Gasteiger partial charge in [0.2, 0.25) is 5.88 Å². The minimum Gasteiger partial charge on any atom is -0.508 e. The number of methoxy groups -OCH3 is 1. The highest BCUT2D eigenvalue weighted by molar-refractivity contribution is 6.04. The highest BCUT2D eigenvalue weighted by Gasteiger charge is 2.51. The molecule has 2 bridgehead atoms. The topological polar surface area (TPSA) is 112 Å². The van der Waals surface area contributed by atoms with Gasteiger partial charge in [0.1, 0.15) is 46.1 Å². The third kappa shape index (κ3) is 5.73. The number of halogens is 2. The number of anilines is 1. The molecule has 3 saturated heterocycles. The van der Waals surface area contributed by atoms with E-state index in [9.17, 15) is 5.11 Å². The van der Waals surface area contributed by atoms with Crippen molar-refractivity contribution < 1.29 is 28.3 Å². The standard InChI is InChI=1S/C40H41F2N7O3/c1-3-29-31(41)9-6-23-15-28(50)16-30(32(23)29)35-34(42)36-33(38(44-35)51-2)37(48-19-26-7-8-27(20-48)49(26)13-5-4-12-43)46-39(45-36)52-22-40(10-11-40)21-47-17-24-14-25(24)18-47/h1,6,9,15-16,24-27,50H,4-5,7-8,10-11,13-14,17-22H2,2H3/p+1. The van der Waals surface area contributed by atoms with Crippen molar-refractivity contribution in [3.63, 3.8) is 0 Å². The number of aromatic nitrogens is 3. The lowest BCUT2D eigenvalue weighted by atomic mass is 9.95. The van der Waals surface area contributed by atoms with Crippen LogP contribution in [-0.2, 0) is 0 Å². The average Bonchev–Trinajstić information content (AvgIpc) is 4.03. The van der Waals surface area contributed by atoms with E-state index >= 15 is 8.78 Å². The number of hydrogen-bond donors (Lipinski definition) is 2. The molecule has 5 heterocycles. The molecule has 52 heavy (non-hydrogen) atoms. The number of likely N-dealkylation sites (tertiary alicyclic amines) is 1. The Balaban J connectivity index is 1.14. The molecule has 12 heteroatoms. The molecule has 268 valence electrons. The van der Waals surface area contributed by atoms with Gasteiger partial charge in [-0.2, -0.15) is 15.2 Å². The minimum absolute atomic E-state index is 0.0300. The number of benzene rings is 2. The first-order chi connectivity index (χ1) is 25.3. The van der Waals surface area contributed by atoms with E-state index < -0.39 is 11.6 Å². The maximum atomic E-state index is 17.2. The Hall–Kier alpha value is -4.78. The summed E-state index contributed by atoms with van der Waals surface area (Å²) in [6.07, 6.45) is 12.8. The molecular weight excluding hydrogens is 664 g/mol. The van der Waals surface area contributed by atoms with Crippen LogP contribution in [0.4, 0.5) is 14.6 Å². The van der Waals surface area contributed by atoms with E-state index in [1.165, 1.54) is 42.7 Å². The number of quaternary nitrogens is 1. The Morgan fingerprint density at radius 2 is 1.83 bits per heavy atom. The van der Waals surface area contributed by atoms with Gasteiger partial charge in [-0.25, -0.2) is 13.8 Å². The summed E-state index contributed by atoms with van der Waals surface area (Å²) >= 11 is 0. The predicted molar refractivity (Wildman–Crippen MR) is 191 cm³/mol. The van der Waals surface area contributed by atoms with Crippen LogP contribution in [0.25, 0.3) is 32.9 Å². The van der Waals surface area contributed by atoms with Crippen molar-refractivity contribution in [1.29, 1.82) is 5.26 Å². The van der Waals surface area contributed by atoms with Gasteiger partial charge in [0.25, 0.3) is 0 Å². The lowest BCUT2D eigenvalue weighted by Crippen LogP contribution is -3.19. The molecule has 2 N–H and O–H groups in total. The molecule has 2 aromatic heterocycles. The second kappa shape index (κ2) is 12.7. The van der Waals surface area contributed by atoms with Crippen LogP contribution in [0.3, 0.4) is 0 Å². The van der Waals surface area contributed by atoms with Gasteiger partial charge in [-0.05, 0) is 54.7 Å². The van der Waals surface area contributed by atoms with Crippen LogP contribution in [0, 0.1) is 52.6 Å². The number of unbranched alkanes of at least 4 members (excludes halogenated alkanes) is 1. The monoisotopic (exact) mass is 706 g/mol. The van der Waals surface area contributed by atoms with Gasteiger partial charge in [0, 0.05) is 61.7 Å². The Bertz CT molecular complexity index is 2160. The number of piperidine rings is 1. The van der Waals surface area contributed by atoms with E-state index in [0.29, 0.717) is 54.8 Å². The second-order valence-corrected chi connectivity index (χ2v) is 15.7. The number of ether oxygens (including phenoxy) is 2. The number of hydrogen-bond acceptors (Lipinski definition) is 9. The normalized spacial score (nSPS) is 25.6. The Kier molecular flexibility index (Phi) is 8.09. The van der Waals surface area contributed by atoms with E-state index in [-0.39, 0.29) is 50.8 Å². The minimum atomic E-state index is -0.774. The fourth-order valence-corrected chi connectivity index (χ4v) is 9.40. The van der Waals surface area contributed by atoms with Gasteiger partial charge in [-0.3, -0.25) is 0 Å². The molecule has 0 amide bonds. The molecule has 2 saturated carbocycles. The number of nitrogens with one attached hydrogen (secondary N) is 1. The van der Waals surface area contributed by atoms with Gasteiger partial charge in [0.15, 0.2) is 5.82 Å². The van der Waals surface area contributed by atoms with Crippen LogP contribution < -0.4 is 19.3 Å². The van der Waals surface area contributed by atoms with Crippen LogP contribution in [0.2, 0.25) is 0 Å². The molecule has 0 radical (unpaired) electrons. The van der Waals surface area contributed by atoms with Crippen molar-refractivity contribution in [2.24, 2.45) is 17.3 Å². The summed E-state index contributed by atoms with van der Waals surface area (Å²) in [5.41, 5.74) is -0.117. The number of rotatable bonds is 11. The predicted octanol–water partition coefficient (Wildman–Crippen LogP) is 4.47. The van der Waals surface area contributed by atoms with Crippen molar-refractivity contribution in [3.05, 3.63) is 41.5 Å². The summed E-state index contributed by atoms with van der Waals surface area (Å²) in [5.74, 6) is 3.15. The van der Waals surface area contributed by atoms with E-state index in [4.69, 9.17) is 31.1 Å². The molecule has 2 aliphatic carbocycles. The number of aromatic hydroxyl groups is 1. The van der Waals surface area contributed by atoms with Gasteiger partial charge in [-0.1, -0.05) is 12.0 Å². The van der Waals surface area contributed by atoms with Gasteiger partial charge in [0.05, 0.1) is 45.0 Å². The number of fused-ring (bicyclic) bond motifs is 5. The zero-order chi connectivity index (χ0) is 35.7. The molecule has 0 spiro atoms. The second-order valence-electron chi connectivity index (χ2n) is 15.7. The Morgan fingerprint density at radius 1 is 1.06 bits per heavy atom. The van der Waals surface area contributed by atoms with Gasteiger partial charge >= 0.3 is 6.01 Å². The summed E-state index contributed by atoms with van der Waals surface area (Å²) in [5, 5.41) is 20.9. The maximum absolute atomic E-state index is 17.2. The largest absolute Gasteiger partial charge is 0.508 e. The Labute approximate surface area is 301 Å². The van der Waals surface area contributed by atoms with E-state index in [1.54, 1.807) is 0 Å². The number of phenols is 1. The molecule has 9 rings (SSSR count). The number of nitrogens with zero attached hydrogens (tertiary/aromatic N) is 6. The van der Waals surface area contributed by atoms with E-state index in [1.807, 2.05) is 0 Å². The van der Waals surface area contributed by atoms with Gasteiger partial charge in [-0.15, -0.1) is 6.42 Å². The third-order valence-corrected chi connectivity index (χ3v) is 12.3. The summed E-state index contributed by atoms with van der Waals surface area (Å²) in [6.45, 7) is 6.06. The number of pyridine rings is 1. The smallest absolute Gasteiger partial charge is 0.319 e. The van der Waals surface area contributed by atoms with Crippen molar-refractivity contribution in [3.8, 4) is 47.3 Å². The molecule has 5 aliphatic rings. The maximum Gasteiger partial charge on any atom is 0.319 e. The number of phenolic OH excluding ortho intramolecular Hbond substituents is 1. The number of piperazine rings is 1. The van der Waals surface area contributed by atoms with Crippen molar-refractivity contribution in [1.82, 2.24) is 19.9 Å². The fourth-order valence-electron chi connectivity index (χ4n) is 9.40. The first-order valence-corrected chi connectivity index (χ1v) is 18.5. The molecule has 4 aromatic rings. The van der Waals surface area contributed by atoms with Crippen LogP contribution >= 0.6 is 0 Å². The molecule has 4 unspecified atom stereocenters. The molecule has 2 aromatic carbocycles.